The van der Waals surface area contributed by atoms with Crippen molar-refractivity contribution in [3.63, 3.8) is 0 Å². The van der Waals surface area contributed by atoms with Crippen LogP contribution in [0.5, 0.6) is 0 Å². The summed E-state index contributed by atoms with van der Waals surface area (Å²) >= 11 is 0. The third-order valence-corrected chi connectivity index (χ3v) is 6.01. The van der Waals surface area contributed by atoms with Crippen LogP contribution in [0.3, 0.4) is 0 Å². The minimum atomic E-state index is -0.253. The van der Waals surface area contributed by atoms with Crippen LogP contribution in [0.4, 0.5) is 0 Å². The first-order valence-corrected chi connectivity index (χ1v) is 9.52. The first kappa shape index (κ1) is 16.4. The number of carbonyl (C=O) groups excluding carboxylic acids is 1. The molecule has 2 aliphatic rings. The van der Waals surface area contributed by atoms with Crippen LogP contribution in [0.15, 0.2) is 30.5 Å². The first-order valence-electron chi connectivity index (χ1n) is 9.52. The van der Waals surface area contributed by atoms with E-state index in [0.29, 0.717) is 11.8 Å². The molecule has 1 aliphatic heterocycles. The number of aromatic nitrogens is 2. The molecule has 1 aromatic heterocycles. The van der Waals surface area contributed by atoms with Gasteiger partial charge in [-0.25, -0.2) is 0 Å². The predicted molar refractivity (Wildman–Crippen MR) is 98.6 cm³/mol. The molecule has 4 heteroatoms. The number of piperidine rings is 1. The smallest absolute Gasteiger partial charge is 0.233 e. The van der Waals surface area contributed by atoms with Gasteiger partial charge in [-0.2, -0.15) is 5.10 Å². The highest BCUT2D eigenvalue weighted by molar-refractivity contribution is 5.91. The highest BCUT2D eigenvalue weighted by Crippen LogP contribution is 2.50. The minimum absolute atomic E-state index is 0.253. The zero-order chi connectivity index (χ0) is 17.4. The zero-order valence-electron chi connectivity index (χ0n) is 15.2. The standard InChI is InChI=1S/C21H27N3O/c1-3-16-13-22-23-19(16)17-5-4-12-24(14-17)20(25)21(10-11-21)18-8-6-15(2)7-9-18/h6-9,13,17H,3-5,10-12,14H2,1-2H3,(H,22,23)/t17-/m0/s1. The van der Waals surface area contributed by atoms with E-state index in [-0.39, 0.29) is 5.41 Å². The molecule has 2 fully saturated rings. The topological polar surface area (TPSA) is 49.0 Å². The van der Waals surface area contributed by atoms with Crippen LogP contribution in [-0.4, -0.2) is 34.1 Å². The van der Waals surface area contributed by atoms with Gasteiger partial charge in [0.2, 0.25) is 5.91 Å². The van der Waals surface area contributed by atoms with E-state index in [9.17, 15) is 4.79 Å². The molecule has 0 radical (unpaired) electrons. The summed E-state index contributed by atoms with van der Waals surface area (Å²) < 4.78 is 0. The number of nitrogens with one attached hydrogen (secondary N) is 1. The molecule has 1 aromatic carbocycles. The van der Waals surface area contributed by atoms with Gasteiger partial charge in [0.25, 0.3) is 0 Å². The second-order valence-electron chi connectivity index (χ2n) is 7.70. The van der Waals surface area contributed by atoms with Crippen LogP contribution in [0.1, 0.15) is 60.9 Å². The fraction of sp³-hybridized carbons (Fsp3) is 0.524. The Morgan fingerprint density at radius 2 is 2.08 bits per heavy atom. The van der Waals surface area contributed by atoms with Crippen LogP contribution in [0.25, 0.3) is 0 Å². The van der Waals surface area contributed by atoms with E-state index >= 15 is 0 Å². The van der Waals surface area contributed by atoms with Crippen molar-refractivity contribution in [1.29, 1.82) is 0 Å². The van der Waals surface area contributed by atoms with Crippen LogP contribution < -0.4 is 0 Å². The number of hydrogen-bond acceptors (Lipinski definition) is 2. The lowest BCUT2D eigenvalue weighted by Crippen LogP contribution is -2.44. The largest absolute Gasteiger partial charge is 0.341 e. The van der Waals surface area contributed by atoms with E-state index in [1.165, 1.54) is 22.4 Å². The van der Waals surface area contributed by atoms with Gasteiger partial charge >= 0.3 is 0 Å². The van der Waals surface area contributed by atoms with Crippen LogP contribution in [0.2, 0.25) is 0 Å². The van der Waals surface area contributed by atoms with E-state index in [0.717, 1.165) is 45.2 Å². The van der Waals surface area contributed by atoms with Gasteiger partial charge in [0, 0.05) is 24.7 Å². The van der Waals surface area contributed by atoms with Crippen molar-refractivity contribution >= 4 is 5.91 Å². The van der Waals surface area contributed by atoms with Crippen LogP contribution >= 0.6 is 0 Å². The number of carbonyl (C=O) groups is 1. The summed E-state index contributed by atoms with van der Waals surface area (Å²) in [5.41, 5.74) is 4.72. The second kappa shape index (κ2) is 6.32. The summed E-state index contributed by atoms with van der Waals surface area (Å²) in [5, 5.41) is 7.42. The SMILES string of the molecule is CCc1cn[nH]c1[C@H]1CCCN(C(=O)C2(c3ccc(C)cc3)CC2)C1. The van der Waals surface area contributed by atoms with Gasteiger partial charge in [-0.05, 0) is 50.2 Å². The van der Waals surface area contributed by atoms with Gasteiger partial charge in [0.15, 0.2) is 0 Å². The van der Waals surface area contributed by atoms with Crippen molar-refractivity contribution in [3.05, 3.63) is 52.8 Å². The Labute approximate surface area is 149 Å². The van der Waals surface area contributed by atoms with Crippen molar-refractivity contribution in [2.45, 2.75) is 57.3 Å². The zero-order valence-corrected chi connectivity index (χ0v) is 15.2. The lowest BCUT2D eigenvalue weighted by atomic mass is 9.89. The maximum Gasteiger partial charge on any atom is 0.233 e. The normalized spacial score (nSPS) is 22.0. The van der Waals surface area contributed by atoms with Gasteiger partial charge < -0.3 is 4.90 Å². The molecule has 1 amide bonds. The molecule has 1 saturated carbocycles. The number of H-pyrrole nitrogens is 1. The Morgan fingerprint density at radius 1 is 1.32 bits per heavy atom. The number of hydrogen-bond donors (Lipinski definition) is 1. The number of nitrogens with zero attached hydrogens (tertiary/aromatic N) is 2. The van der Waals surface area contributed by atoms with Gasteiger partial charge in [-0.15, -0.1) is 0 Å². The average Bonchev–Trinajstić information content (AvgIpc) is 3.31. The van der Waals surface area contributed by atoms with E-state index in [1.54, 1.807) is 0 Å². The molecule has 25 heavy (non-hydrogen) atoms. The predicted octanol–water partition coefficient (Wildman–Crippen LogP) is 3.72. The average molecular weight is 337 g/mol. The highest BCUT2D eigenvalue weighted by atomic mass is 16.2. The molecule has 1 saturated heterocycles. The lowest BCUT2D eigenvalue weighted by molar-refractivity contribution is -0.135. The van der Waals surface area contributed by atoms with Gasteiger partial charge in [-0.3, -0.25) is 9.89 Å². The molecule has 1 aliphatic carbocycles. The molecule has 0 spiro atoms. The molecule has 1 N–H and O–H groups in total. The van der Waals surface area contributed by atoms with E-state index < -0.39 is 0 Å². The molecule has 2 heterocycles. The number of likely N-dealkylation sites (tertiary alicyclic amines) is 1. The number of aryl methyl sites for hydroxylation is 2. The molecule has 0 unspecified atom stereocenters. The molecular weight excluding hydrogens is 310 g/mol. The van der Waals surface area contributed by atoms with Crippen LogP contribution in [0, 0.1) is 6.92 Å². The van der Waals surface area contributed by atoms with Crippen LogP contribution in [-0.2, 0) is 16.6 Å². The minimum Gasteiger partial charge on any atom is -0.341 e. The van der Waals surface area contributed by atoms with Crippen molar-refractivity contribution in [3.8, 4) is 0 Å². The molecule has 132 valence electrons. The number of amides is 1. The lowest BCUT2D eigenvalue weighted by Gasteiger charge is -2.35. The summed E-state index contributed by atoms with van der Waals surface area (Å²) in [7, 11) is 0. The van der Waals surface area contributed by atoms with E-state index in [1.807, 2.05) is 6.20 Å². The van der Waals surface area contributed by atoms with Gasteiger partial charge in [0.1, 0.15) is 0 Å². The molecule has 2 aromatic rings. The quantitative estimate of drug-likeness (QED) is 0.924. The summed E-state index contributed by atoms with van der Waals surface area (Å²) in [4.78, 5) is 15.4. The van der Waals surface area contributed by atoms with Crippen molar-refractivity contribution < 1.29 is 4.79 Å². The van der Waals surface area contributed by atoms with E-state index in [2.05, 4.69) is 53.2 Å². The maximum absolute atomic E-state index is 13.3. The summed E-state index contributed by atoms with van der Waals surface area (Å²) in [6.07, 6.45) is 7.11. The van der Waals surface area contributed by atoms with Gasteiger partial charge in [-0.1, -0.05) is 36.8 Å². The molecule has 1 atom stereocenters. The van der Waals surface area contributed by atoms with E-state index in [4.69, 9.17) is 0 Å². The van der Waals surface area contributed by atoms with Gasteiger partial charge in [0.05, 0.1) is 11.6 Å². The first-order chi connectivity index (χ1) is 12.1. The summed E-state index contributed by atoms with van der Waals surface area (Å²) in [5.74, 6) is 0.725. The Bertz CT molecular complexity index is 758. The Kier molecular flexibility index (Phi) is 4.14. The highest BCUT2D eigenvalue weighted by Gasteiger charge is 2.53. The monoisotopic (exact) mass is 337 g/mol. The summed E-state index contributed by atoms with van der Waals surface area (Å²) in [6.45, 7) is 5.97. The van der Waals surface area contributed by atoms with Crippen molar-refractivity contribution in [2.24, 2.45) is 0 Å². The molecular formula is C21H27N3O. The Balaban J connectivity index is 1.53. The number of aromatic amines is 1. The second-order valence-corrected chi connectivity index (χ2v) is 7.70. The van der Waals surface area contributed by atoms with Crippen molar-refractivity contribution in [2.75, 3.05) is 13.1 Å². The third-order valence-electron chi connectivity index (χ3n) is 6.01. The van der Waals surface area contributed by atoms with Crippen molar-refractivity contribution in [1.82, 2.24) is 15.1 Å². The molecule has 0 bridgehead atoms. The Morgan fingerprint density at radius 3 is 2.76 bits per heavy atom. The summed E-state index contributed by atoms with van der Waals surface area (Å²) in [6, 6.07) is 8.54. The molecule has 4 rings (SSSR count). The Hall–Kier alpha value is -2.10. The number of rotatable bonds is 4. The third kappa shape index (κ3) is 2.88. The fourth-order valence-corrected chi connectivity index (χ4v) is 4.28. The fourth-order valence-electron chi connectivity index (χ4n) is 4.28. The number of benzene rings is 1. The maximum atomic E-state index is 13.3. The molecule has 4 nitrogen and oxygen atoms in total.